The molecule has 2 N–H and O–H groups in total. The Balaban J connectivity index is 1.48. The molecule has 154 valence electrons. The van der Waals surface area contributed by atoms with Crippen molar-refractivity contribution in [1.82, 2.24) is 19.9 Å². The van der Waals surface area contributed by atoms with Crippen LogP contribution in [0.25, 0.3) is 11.0 Å². The van der Waals surface area contributed by atoms with Gasteiger partial charge in [-0.25, -0.2) is 18.7 Å². The topological polar surface area (TPSA) is 73.9 Å². The van der Waals surface area contributed by atoms with Crippen LogP contribution >= 0.6 is 0 Å². The van der Waals surface area contributed by atoms with Crippen LogP contribution in [0.2, 0.25) is 0 Å². The van der Waals surface area contributed by atoms with Gasteiger partial charge in [0, 0.05) is 36.7 Å². The van der Waals surface area contributed by atoms with Crippen LogP contribution in [0.4, 0.5) is 14.6 Å². The summed E-state index contributed by atoms with van der Waals surface area (Å²) in [5, 5.41) is 4.30. The molecule has 8 heteroatoms. The Labute approximate surface area is 167 Å². The summed E-state index contributed by atoms with van der Waals surface area (Å²) < 4.78 is 27.4. The predicted molar refractivity (Wildman–Crippen MR) is 106 cm³/mol. The number of piperidine rings is 1. The molecule has 3 heterocycles. The van der Waals surface area contributed by atoms with Crippen molar-refractivity contribution < 1.29 is 13.6 Å². The number of fused-ring (bicyclic) bond motifs is 2. The smallest absolute Gasteiger partial charge is 0.246 e. The second-order valence-corrected chi connectivity index (χ2v) is 8.52. The second-order valence-electron chi connectivity index (χ2n) is 8.52. The normalized spacial score (nSPS) is 31.1. The van der Waals surface area contributed by atoms with Gasteiger partial charge in [-0.1, -0.05) is 13.0 Å². The van der Waals surface area contributed by atoms with Gasteiger partial charge in [0.1, 0.15) is 17.8 Å². The van der Waals surface area contributed by atoms with E-state index in [0.717, 1.165) is 49.6 Å². The molecular weight excluding hydrogens is 376 g/mol. The number of likely N-dealkylation sites (tertiary alicyclic amines) is 1. The van der Waals surface area contributed by atoms with Gasteiger partial charge in [0.25, 0.3) is 0 Å². The number of H-pyrrole nitrogens is 1. The van der Waals surface area contributed by atoms with E-state index in [1.807, 2.05) is 6.20 Å². The van der Waals surface area contributed by atoms with Crippen LogP contribution in [-0.2, 0) is 10.2 Å². The fourth-order valence-electron chi connectivity index (χ4n) is 5.93. The first-order valence-corrected chi connectivity index (χ1v) is 10.3. The van der Waals surface area contributed by atoms with Gasteiger partial charge in [0.2, 0.25) is 12.3 Å². The number of hydrogen-bond acceptors (Lipinski definition) is 4. The summed E-state index contributed by atoms with van der Waals surface area (Å²) in [6.45, 7) is 4.86. The maximum absolute atomic E-state index is 13.7. The predicted octanol–water partition coefficient (Wildman–Crippen LogP) is 3.48. The van der Waals surface area contributed by atoms with Gasteiger partial charge in [-0.3, -0.25) is 4.79 Å². The van der Waals surface area contributed by atoms with Crippen LogP contribution < -0.4 is 5.32 Å². The maximum atomic E-state index is 13.7. The highest BCUT2D eigenvalue weighted by molar-refractivity contribution is 5.92. The lowest BCUT2D eigenvalue weighted by atomic mass is 9.90. The number of halogens is 2. The minimum Gasteiger partial charge on any atom is -0.365 e. The van der Waals surface area contributed by atoms with Crippen molar-refractivity contribution in [3.63, 3.8) is 0 Å². The molecule has 0 aromatic carbocycles. The molecule has 4 atom stereocenters. The van der Waals surface area contributed by atoms with E-state index in [0.29, 0.717) is 18.0 Å². The van der Waals surface area contributed by atoms with E-state index in [9.17, 15) is 13.6 Å². The van der Waals surface area contributed by atoms with Gasteiger partial charge < -0.3 is 15.2 Å². The number of aromatic nitrogens is 3. The lowest BCUT2D eigenvalue weighted by molar-refractivity contribution is -0.127. The van der Waals surface area contributed by atoms with Crippen LogP contribution in [0.15, 0.2) is 25.2 Å². The highest BCUT2D eigenvalue weighted by atomic mass is 19.3. The first-order valence-electron chi connectivity index (χ1n) is 10.3. The van der Waals surface area contributed by atoms with E-state index < -0.39 is 17.8 Å². The highest BCUT2D eigenvalue weighted by Gasteiger charge is 2.71. The minimum atomic E-state index is -2.30. The number of carbonyl (C=O) groups excluding carboxylic acids is 1. The number of alkyl halides is 2. The lowest BCUT2D eigenvalue weighted by Crippen LogP contribution is -2.44. The van der Waals surface area contributed by atoms with E-state index >= 15 is 0 Å². The standard InChI is InChI=1S/C21H25F2N5O/c1-2-15(29)28-8-4-5-12(10-28)27-20-16-14(9-24-19(16)25-11-26-20)21-7-3-6-13(21)17(21)18(22)23/h2,9,11-13,17-18H,1,3-8,10H2,(H2,24,25,26,27)/t12-,13+,17?,21+/m1/s1. The Morgan fingerprint density at radius 1 is 1.38 bits per heavy atom. The Bertz CT molecular complexity index is 960. The summed E-state index contributed by atoms with van der Waals surface area (Å²) in [6.07, 6.45) is 6.83. The minimum absolute atomic E-state index is 0.0462. The van der Waals surface area contributed by atoms with Crippen molar-refractivity contribution in [3.8, 4) is 0 Å². The molecule has 2 aliphatic carbocycles. The Hall–Kier alpha value is -2.51. The molecule has 1 saturated heterocycles. The Morgan fingerprint density at radius 3 is 3.00 bits per heavy atom. The van der Waals surface area contributed by atoms with Crippen LogP contribution in [0.5, 0.6) is 0 Å². The average Bonchev–Trinajstić information content (AvgIpc) is 3.03. The summed E-state index contributed by atoms with van der Waals surface area (Å²) >= 11 is 0. The monoisotopic (exact) mass is 401 g/mol. The van der Waals surface area contributed by atoms with Gasteiger partial charge in [-0.05, 0) is 43.2 Å². The zero-order valence-corrected chi connectivity index (χ0v) is 16.2. The molecule has 2 aromatic rings. The van der Waals surface area contributed by atoms with E-state index in [4.69, 9.17) is 0 Å². The first-order chi connectivity index (χ1) is 14.1. The summed E-state index contributed by atoms with van der Waals surface area (Å²) in [7, 11) is 0. The number of hydrogen-bond donors (Lipinski definition) is 2. The molecule has 2 saturated carbocycles. The van der Waals surface area contributed by atoms with Crippen molar-refractivity contribution in [3.05, 3.63) is 30.7 Å². The van der Waals surface area contributed by atoms with Crippen LogP contribution in [0.1, 0.15) is 37.7 Å². The molecule has 5 rings (SSSR count). The molecule has 3 aliphatic rings. The van der Waals surface area contributed by atoms with Crippen molar-refractivity contribution in [2.24, 2.45) is 11.8 Å². The van der Waals surface area contributed by atoms with Gasteiger partial charge in [-0.15, -0.1) is 0 Å². The van der Waals surface area contributed by atoms with E-state index in [1.54, 1.807) is 4.90 Å². The van der Waals surface area contributed by atoms with Crippen LogP contribution in [0, 0.1) is 11.8 Å². The van der Waals surface area contributed by atoms with Gasteiger partial charge in [0.05, 0.1) is 5.39 Å². The van der Waals surface area contributed by atoms with Crippen molar-refractivity contribution in [2.45, 2.75) is 50.0 Å². The fraction of sp³-hybridized carbons (Fsp3) is 0.571. The molecule has 0 bridgehead atoms. The van der Waals surface area contributed by atoms with Crippen molar-refractivity contribution >= 4 is 22.8 Å². The van der Waals surface area contributed by atoms with Crippen molar-refractivity contribution in [1.29, 1.82) is 0 Å². The molecule has 1 aliphatic heterocycles. The number of aromatic amines is 1. The Kier molecular flexibility index (Phi) is 4.33. The maximum Gasteiger partial charge on any atom is 0.246 e. The van der Waals surface area contributed by atoms with E-state index in [-0.39, 0.29) is 17.9 Å². The molecule has 6 nitrogen and oxygen atoms in total. The van der Waals surface area contributed by atoms with Crippen LogP contribution in [-0.4, -0.2) is 51.3 Å². The zero-order chi connectivity index (χ0) is 20.2. The SMILES string of the molecule is C=CC(=O)N1CCC[C@@H](Nc2ncnc3[nH]cc([C@]45CCC[C@H]4C5C(F)F)c23)C1. The summed E-state index contributed by atoms with van der Waals surface area (Å²) in [5.74, 6) is 0.0739. The summed E-state index contributed by atoms with van der Waals surface area (Å²) in [4.78, 5) is 25.7. The van der Waals surface area contributed by atoms with Gasteiger partial charge >= 0.3 is 0 Å². The molecule has 0 radical (unpaired) electrons. The number of amides is 1. The number of nitrogens with zero attached hydrogens (tertiary/aromatic N) is 3. The zero-order valence-electron chi connectivity index (χ0n) is 16.2. The molecule has 1 amide bonds. The Morgan fingerprint density at radius 2 is 2.24 bits per heavy atom. The third kappa shape index (κ3) is 2.75. The first kappa shape index (κ1) is 18.5. The highest BCUT2D eigenvalue weighted by Crippen LogP contribution is 2.71. The largest absolute Gasteiger partial charge is 0.365 e. The summed E-state index contributed by atoms with van der Waals surface area (Å²) in [5.41, 5.74) is 1.15. The molecule has 2 aromatic heterocycles. The number of rotatable bonds is 5. The van der Waals surface area contributed by atoms with Gasteiger partial charge in [0.15, 0.2) is 0 Å². The molecule has 3 fully saturated rings. The fourth-order valence-corrected chi connectivity index (χ4v) is 5.93. The van der Waals surface area contributed by atoms with E-state index in [2.05, 4.69) is 26.8 Å². The summed E-state index contributed by atoms with van der Waals surface area (Å²) in [6, 6.07) is 0.0514. The molecular formula is C21H25F2N5O. The van der Waals surface area contributed by atoms with Gasteiger partial charge in [-0.2, -0.15) is 0 Å². The lowest BCUT2D eigenvalue weighted by Gasteiger charge is -2.33. The second kappa shape index (κ2) is 6.78. The third-order valence-corrected chi connectivity index (χ3v) is 7.18. The quantitative estimate of drug-likeness (QED) is 0.753. The molecule has 0 spiro atoms. The third-order valence-electron chi connectivity index (χ3n) is 7.18. The number of anilines is 1. The van der Waals surface area contributed by atoms with Crippen LogP contribution in [0.3, 0.4) is 0 Å². The van der Waals surface area contributed by atoms with Crippen molar-refractivity contribution in [2.75, 3.05) is 18.4 Å². The van der Waals surface area contributed by atoms with E-state index in [1.165, 1.54) is 12.4 Å². The average molecular weight is 401 g/mol. The number of carbonyl (C=O) groups is 1. The number of nitrogens with one attached hydrogen (secondary N) is 2. The molecule has 29 heavy (non-hydrogen) atoms. The molecule has 1 unspecified atom stereocenters.